The second-order valence-corrected chi connectivity index (χ2v) is 6.38. The molecule has 0 aliphatic heterocycles. The molecule has 4 aromatic rings. The number of hydrogen-bond donors (Lipinski definition) is 1. The fourth-order valence-electron chi connectivity index (χ4n) is 3.16. The first-order valence-corrected chi connectivity index (χ1v) is 9.28. The predicted molar refractivity (Wildman–Crippen MR) is 108 cm³/mol. The van der Waals surface area contributed by atoms with E-state index >= 15 is 0 Å². The van der Waals surface area contributed by atoms with E-state index in [0.717, 1.165) is 5.39 Å². The minimum atomic E-state index is -0.344. The van der Waals surface area contributed by atoms with Crippen LogP contribution < -0.4 is 9.47 Å². The molecule has 0 radical (unpaired) electrons. The molecule has 1 N–H and O–H groups in total. The number of aromatic amines is 1. The predicted octanol–water partition coefficient (Wildman–Crippen LogP) is 4.91. The molecule has 29 heavy (non-hydrogen) atoms. The number of carbonyl (C=O) groups is 1. The molecule has 146 valence electrons. The van der Waals surface area contributed by atoms with Crippen LogP contribution in [0, 0.1) is 5.82 Å². The van der Waals surface area contributed by atoms with Gasteiger partial charge in [0.1, 0.15) is 18.1 Å². The number of halogens is 1. The van der Waals surface area contributed by atoms with Crippen LogP contribution >= 0.6 is 0 Å². The molecular weight excluding hydrogens is 371 g/mol. The van der Waals surface area contributed by atoms with Gasteiger partial charge in [-0.05, 0) is 37.3 Å². The highest BCUT2D eigenvalue weighted by Gasteiger charge is 2.21. The summed E-state index contributed by atoms with van der Waals surface area (Å²) in [5, 5.41) is 0.734. The van der Waals surface area contributed by atoms with E-state index in [0.29, 0.717) is 40.4 Å². The van der Waals surface area contributed by atoms with Crippen LogP contribution in [0.4, 0.5) is 4.39 Å². The third kappa shape index (κ3) is 3.69. The smallest absolute Gasteiger partial charge is 0.199 e. The van der Waals surface area contributed by atoms with Gasteiger partial charge < -0.3 is 14.5 Å². The van der Waals surface area contributed by atoms with E-state index in [9.17, 15) is 9.18 Å². The summed E-state index contributed by atoms with van der Waals surface area (Å²) in [6.45, 7) is 2.22. The van der Waals surface area contributed by atoms with E-state index in [1.807, 2.05) is 13.0 Å². The highest BCUT2D eigenvalue weighted by atomic mass is 19.1. The van der Waals surface area contributed by atoms with Gasteiger partial charge in [-0.2, -0.15) is 0 Å². The maximum absolute atomic E-state index is 13.9. The second kappa shape index (κ2) is 8.14. The van der Waals surface area contributed by atoms with Crippen molar-refractivity contribution in [2.75, 3.05) is 6.61 Å². The Hall–Kier alpha value is -3.67. The zero-order valence-electron chi connectivity index (χ0n) is 15.8. The Morgan fingerprint density at radius 3 is 2.72 bits per heavy atom. The molecule has 0 spiro atoms. The van der Waals surface area contributed by atoms with Crippen molar-refractivity contribution in [1.82, 2.24) is 9.97 Å². The molecule has 2 heterocycles. The summed E-state index contributed by atoms with van der Waals surface area (Å²) in [7, 11) is 0. The van der Waals surface area contributed by atoms with Gasteiger partial charge >= 0.3 is 0 Å². The Bertz CT molecular complexity index is 1170. The number of ketones is 1. The van der Waals surface area contributed by atoms with E-state index in [-0.39, 0.29) is 18.2 Å². The van der Waals surface area contributed by atoms with Crippen molar-refractivity contribution >= 4 is 16.8 Å². The van der Waals surface area contributed by atoms with Crippen LogP contribution in [0.15, 0.2) is 67.0 Å². The van der Waals surface area contributed by atoms with E-state index in [1.54, 1.807) is 54.9 Å². The lowest BCUT2D eigenvalue weighted by Crippen LogP contribution is -2.08. The van der Waals surface area contributed by atoms with Crippen LogP contribution in [0.2, 0.25) is 0 Å². The molecule has 0 aliphatic carbocycles. The van der Waals surface area contributed by atoms with Crippen molar-refractivity contribution in [3.63, 3.8) is 0 Å². The first-order valence-electron chi connectivity index (χ1n) is 9.28. The van der Waals surface area contributed by atoms with E-state index in [4.69, 9.17) is 9.47 Å². The van der Waals surface area contributed by atoms with Gasteiger partial charge in [-0.15, -0.1) is 0 Å². The van der Waals surface area contributed by atoms with Crippen LogP contribution in [0.25, 0.3) is 11.0 Å². The fraction of sp³-hybridized carbons (Fsp3) is 0.130. The molecule has 6 heteroatoms. The average molecular weight is 390 g/mol. The minimum absolute atomic E-state index is 0.0292. The topological polar surface area (TPSA) is 64.2 Å². The summed E-state index contributed by atoms with van der Waals surface area (Å²) in [6, 6.07) is 15.2. The summed E-state index contributed by atoms with van der Waals surface area (Å²) in [6.07, 6.45) is 3.30. The van der Waals surface area contributed by atoms with Gasteiger partial charge in [0.05, 0.1) is 12.2 Å². The number of carbonyl (C=O) groups excluding carboxylic acids is 1. The van der Waals surface area contributed by atoms with Crippen LogP contribution in [0.3, 0.4) is 0 Å². The van der Waals surface area contributed by atoms with Gasteiger partial charge in [0.25, 0.3) is 0 Å². The number of ether oxygens (including phenoxy) is 2. The lowest BCUT2D eigenvalue weighted by atomic mass is 10.0. The standard InChI is InChI=1S/C23H19FN2O3/c1-2-28-22-17(21(27)18-13-26-23-16(18)9-6-12-25-23)8-5-11-20(22)29-14-15-7-3-4-10-19(15)24/h3-13H,2,14H2,1H3,(H,25,26). The summed E-state index contributed by atoms with van der Waals surface area (Å²) in [5.74, 6) is 0.182. The first kappa shape index (κ1) is 18.7. The molecular formula is C23H19FN2O3. The Morgan fingerprint density at radius 1 is 1.03 bits per heavy atom. The maximum atomic E-state index is 13.9. The molecule has 0 aliphatic rings. The van der Waals surface area contributed by atoms with Crippen molar-refractivity contribution in [2.45, 2.75) is 13.5 Å². The van der Waals surface area contributed by atoms with Crippen molar-refractivity contribution < 1.29 is 18.7 Å². The SMILES string of the molecule is CCOc1c(OCc2ccccc2F)cccc1C(=O)c1c[nH]c2ncccc12. The number of para-hydroxylation sites is 1. The number of nitrogens with zero attached hydrogens (tertiary/aromatic N) is 1. The Labute approximate surface area is 167 Å². The number of aromatic nitrogens is 2. The van der Waals surface area contributed by atoms with Crippen LogP contribution in [-0.2, 0) is 6.61 Å². The number of H-pyrrole nitrogens is 1. The molecule has 0 bridgehead atoms. The Kier molecular flexibility index (Phi) is 5.24. The van der Waals surface area contributed by atoms with Crippen LogP contribution in [0.5, 0.6) is 11.5 Å². The van der Waals surface area contributed by atoms with Crippen molar-refractivity contribution in [1.29, 1.82) is 0 Å². The number of fused-ring (bicyclic) bond motifs is 1. The number of hydrogen-bond acceptors (Lipinski definition) is 4. The Balaban J connectivity index is 1.69. The van der Waals surface area contributed by atoms with Crippen molar-refractivity contribution in [3.05, 3.63) is 89.5 Å². The third-order valence-corrected chi connectivity index (χ3v) is 4.55. The molecule has 0 saturated carbocycles. The van der Waals surface area contributed by atoms with Gasteiger partial charge in [0.2, 0.25) is 0 Å². The minimum Gasteiger partial charge on any atom is -0.489 e. The maximum Gasteiger partial charge on any atom is 0.199 e. The fourth-order valence-corrected chi connectivity index (χ4v) is 3.16. The number of pyridine rings is 1. The number of rotatable bonds is 7. The summed E-state index contributed by atoms with van der Waals surface area (Å²) >= 11 is 0. The zero-order chi connectivity index (χ0) is 20.2. The van der Waals surface area contributed by atoms with Crippen molar-refractivity contribution in [3.8, 4) is 11.5 Å². The molecule has 5 nitrogen and oxygen atoms in total. The Morgan fingerprint density at radius 2 is 1.90 bits per heavy atom. The number of benzene rings is 2. The van der Waals surface area contributed by atoms with Crippen LogP contribution in [-0.4, -0.2) is 22.4 Å². The largest absolute Gasteiger partial charge is 0.489 e. The lowest BCUT2D eigenvalue weighted by molar-refractivity contribution is 0.103. The van der Waals surface area contributed by atoms with Crippen LogP contribution in [0.1, 0.15) is 28.4 Å². The summed E-state index contributed by atoms with van der Waals surface area (Å²) < 4.78 is 25.5. The van der Waals surface area contributed by atoms with E-state index in [1.165, 1.54) is 6.07 Å². The van der Waals surface area contributed by atoms with Gasteiger partial charge in [-0.3, -0.25) is 4.79 Å². The van der Waals surface area contributed by atoms with Gasteiger partial charge in [0.15, 0.2) is 17.3 Å². The highest BCUT2D eigenvalue weighted by molar-refractivity contribution is 6.17. The second-order valence-electron chi connectivity index (χ2n) is 6.38. The number of nitrogens with one attached hydrogen (secondary N) is 1. The highest BCUT2D eigenvalue weighted by Crippen LogP contribution is 2.34. The van der Waals surface area contributed by atoms with Crippen molar-refractivity contribution in [2.24, 2.45) is 0 Å². The summed E-state index contributed by atoms with van der Waals surface area (Å²) in [5.41, 5.74) is 1.94. The molecule has 0 amide bonds. The monoisotopic (exact) mass is 390 g/mol. The molecule has 4 rings (SSSR count). The molecule has 2 aromatic carbocycles. The average Bonchev–Trinajstić information content (AvgIpc) is 3.18. The first-order chi connectivity index (χ1) is 14.2. The van der Waals surface area contributed by atoms with Gasteiger partial charge in [0, 0.05) is 28.9 Å². The van der Waals surface area contributed by atoms with E-state index < -0.39 is 0 Å². The molecule has 0 atom stereocenters. The molecule has 0 saturated heterocycles. The van der Waals surface area contributed by atoms with E-state index in [2.05, 4.69) is 9.97 Å². The molecule has 0 unspecified atom stereocenters. The lowest BCUT2D eigenvalue weighted by Gasteiger charge is -2.15. The molecule has 2 aromatic heterocycles. The zero-order valence-corrected chi connectivity index (χ0v) is 15.8. The quantitative estimate of drug-likeness (QED) is 0.456. The summed E-state index contributed by atoms with van der Waals surface area (Å²) in [4.78, 5) is 20.5. The van der Waals surface area contributed by atoms with Gasteiger partial charge in [-0.25, -0.2) is 9.37 Å². The van der Waals surface area contributed by atoms with Gasteiger partial charge in [-0.1, -0.05) is 24.3 Å². The molecule has 0 fully saturated rings. The normalized spacial score (nSPS) is 10.8. The third-order valence-electron chi connectivity index (χ3n) is 4.55.